The number of hydrogen-bond donors (Lipinski definition) is 2. The Labute approximate surface area is 165 Å². The van der Waals surface area contributed by atoms with Crippen LogP contribution in [0.4, 0.5) is 5.69 Å². The third-order valence-corrected chi connectivity index (χ3v) is 5.30. The lowest BCUT2D eigenvalue weighted by atomic mass is 10.1. The molecule has 2 aromatic carbocycles. The number of ether oxygens (including phenoxy) is 1. The van der Waals surface area contributed by atoms with Crippen LogP contribution in [0.1, 0.15) is 5.56 Å². The highest BCUT2D eigenvalue weighted by molar-refractivity contribution is 6.33. The normalized spacial score (nSPS) is 14.8. The van der Waals surface area contributed by atoms with Gasteiger partial charge in [-0.3, -0.25) is 4.79 Å². The van der Waals surface area contributed by atoms with Gasteiger partial charge in [-0.2, -0.15) is 0 Å². The van der Waals surface area contributed by atoms with E-state index < -0.39 is 0 Å². The molecule has 2 N–H and O–H groups in total. The van der Waals surface area contributed by atoms with Crippen molar-refractivity contribution >= 4 is 23.2 Å². The molecule has 0 atom stereocenters. The number of quaternary nitrogens is 1. The highest BCUT2D eigenvalue weighted by Gasteiger charge is 2.23. The van der Waals surface area contributed by atoms with Gasteiger partial charge in [0.05, 0.1) is 44.0 Å². The summed E-state index contributed by atoms with van der Waals surface area (Å²) in [4.78, 5) is 15.9. The topological polar surface area (TPSA) is 46.0 Å². The number of rotatable bonds is 7. The van der Waals surface area contributed by atoms with Crippen LogP contribution in [-0.2, 0) is 11.2 Å². The molecule has 0 bridgehead atoms. The van der Waals surface area contributed by atoms with Crippen molar-refractivity contribution in [2.75, 3.05) is 51.3 Å². The Balaban J connectivity index is 1.40. The molecule has 2 aromatic rings. The second-order valence-electron chi connectivity index (χ2n) is 6.78. The molecule has 1 aliphatic rings. The summed E-state index contributed by atoms with van der Waals surface area (Å²) < 4.78 is 5.35. The Kier molecular flexibility index (Phi) is 6.96. The number of amides is 1. The van der Waals surface area contributed by atoms with Crippen LogP contribution < -0.4 is 19.9 Å². The molecule has 6 heteroatoms. The summed E-state index contributed by atoms with van der Waals surface area (Å²) in [7, 11) is 1.67. The van der Waals surface area contributed by atoms with E-state index in [1.165, 1.54) is 4.90 Å². The van der Waals surface area contributed by atoms with Gasteiger partial charge in [0.15, 0.2) is 6.54 Å². The van der Waals surface area contributed by atoms with Crippen molar-refractivity contribution in [3.8, 4) is 5.75 Å². The molecule has 1 amide bonds. The predicted octanol–water partition coefficient (Wildman–Crippen LogP) is 1.41. The molecule has 1 aliphatic heterocycles. The van der Waals surface area contributed by atoms with Gasteiger partial charge < -0.3 is 19.9 Å². The number of carbonyl (C=O) groups is 1. The summed E-state index contributed by atoms with van der Waals surface area (Å²) in [6.45, 7) is 4.83. The van der Waals surface area contributed by atoms with Gasteiger partial charge in [0.1, 0.15) is 5.75 Å². The minimum Gasteiger partial charge on any atom is -0.496 e. The van der Waals surface area contributed by atoms with Crippen LogP contribution in [0, 0.1) is 0 Å². The molecule has 1 fully saturated rings. The molecule has 3 rings (SSSR count). The molecule has 27 heavy (non-hydrogen) atoms. The maximum atomic E-state index is 12.3. The minimum absolute atomic E-state index is 0.103. The lowest BCUT2D eigenvalue weighted by Crippen LogP contribution is -3.16. The summed E-state index contributed by atoms with van der Waals surface area (Å²) >= 11 is 6.29. The van der Waals surface area contributed by atoms with Crippen molar-refractivity contribution in [2.45, 2.75) is 6.42 Å². The Bertz CT molecular complexity index is 761. The van der Waals surface area contributed by atoms with E-state index in [0.29, 0.717) is 13.1 Å². The Morgan fingerprint density at radius 1 is 1.15 bits per heavy atom. The first-order valence-corrected chi connectivity index (χ1v) is 9.77. The Morgan fingerprint density at radius 3 is 2.59 bits per heavy atom. The molecule has 0 spiro atoms. The number of para-hydroxylation sites is 2. The SMILES string of the molecule is COc1ccccc1CCNC(=O)C[NH+]1CCN(c2ccccc2Cl)CC1. The third-order valence-electron chi connectivity index (χ3n) is 4.98. The molecule has 1 saturated heterocycles. The summed E-state index contributed by atoms with van der Waals surface area (Å²) in [5, 5.41) is 3.82. The summed E-state index contributed by atoms with van der Waals surface area (Å²) in [6.07, 6.45) is 0.769. The molecule has 0 aliphatic carbocycles. The van der Waals surface area contributed by atoms with Crippen LogP contribution >= 0.6 is 11.6 Å². The van der Waals surface area contributed by atoms with Crippen molar-refractivity contribution in [2.24, 2.45) is 0 Å². The average molecular weight is 389 g/mol. The maximum Gasteiger partial charge on any atom is 0.275 e. The van der Waals surface area contributed by atoms with Crippen LogP contribution in [0.15, 0.2) is 48.5 Å². The number of anilines is 1. The fourth-order valence-corrected chi connectivity index (χ4v) is 3.74. The largest absolute Gasteiger partial charge is 0.496 e. The minimum atomic E-state index is 0.103. The predicted molar refractivity (Wildman–Crippen MR) is 109 cm³/mol. The van der Waals surface area contributed by atoms with E-state index in [-0.39, 0.29) is 5.91 Å². The molecule has 144 valence electrons. The lowest BCUT2D eigenvalue weighted by Gasteiger charge is -2.33. The third kappa shape index (κ3) is 5.37. The zero-order valence-electron chi connectivity index (χ0n) is 15.7. The van der Waals surface area contributed by atoms with Gasteiger partial charge >= 0.3 is 0 Å². The standard InChI is InChI=1S/C21H26ClN3O2/c1-27-20-9-5-2-6-17(20)10-11-23-21(26)16-24-12-14-25(15-13-24)19-8-4-3-7-18(19)22/h2-9H,10-16H2,1H3,(H,23,26)/p+1. The smallest absolute Gasteiger partial charge is 0.275 e. The molecule has 0 aromatic heterocycles. The first-order valence-electron chi connectivity index (χ1n) is 9.39. The first kappa shape index (κ1) is 19.5. The lowest BCUT2D eigenvalue weighted by molar-refractivity contribution is -0.892. The molecule has 0 saturated carbocycles. The van der Waals surface area contributed by atoms with Crippen molar-refractivity contribution in [3.63, 3.8) is 0 Å². The van der Waals surface area contributed by atoms with Crippen molar-refractivity contribution < 1.29 is 14.4 Å². The van der Waals surface area contributed by atoms with Crippen molar-refractivity contribution in [1.82, 2.24) is 5.32 Å². The molecular formula is C21H27ClN3O2+. The van der Waals surface area contributed by atoms with E-state index in [0.717, 1.165) is 54.6 Å². The zero-order valence-corrected chi connectivity index (χ0v) is 16.5. The number of nitrogens with zero attached hydrogens (tertiary/aromatic N) is 1. The van der Waals surface area contributed by atoms with E-state index in [2.05, 4.69) is 16.3 Å². The fraction of sp³-hybridized carbons (Fsp3) is 0.381. The number of nitrogens with one attached hydrogen (secondary N) is 2. The molecule has 0 unspecified atom stereocenters. The first-order chi connectivity index (χ1) is 13.2. The average Bonchev–Trinajstić information content (AvgIpc) is 2.69. The van der Waals surface area contributed by atoms with Crippen molar-refractivity contribution in [3.05, 3.63) is 59.1 Å². The molecule has 5 nitrogen and oxygen atoms in total. The number of piperazine rings is 1. The summed E-state index contributed by atoms with van der Waals surface area (Å²) in [5.74, 6) is 0.971. The van der Waals surface area contributed by atoms with E-state index in [4.69, 9.17) is 16.3 Å². The van der Waals surface area contributed by atoms with Gasteiger partial charge in [-0.25, -0.2) is 0 Å². The summed E-state index contributed by atoms with van der Waals surface area (Å²) in [5.41, 5.74) is 2.19. The number of halogens is 1. The van der Waals surface area contributed by atoms with Crippen LogP contribution in [0.25, 0.3) is 0 Å². The highest BCUT2D eigenvalue weighted by Crippen LogP contribution is 2.24. The number of carbonyl (C=O) groups excluding carboxylic acids is 1. The molecule has 1 heterocycles. The quantitative estimate of drug-likeness (QED) is 0.754. The summed E-state index contributed by atoms with van der Waals surface area (Å²) in [6, 6.07) is 15.8. The van der Waals surface area contributed by atoms with E-state index in [1.54, 1.807) is 7.11 Å². The van der Waals surface area contributed by atoms with E-state index in [1.807, 2.05) is 42.5 Å². The number of benzene rings is 2. The maximum absolute atomic E-state index is 12.3. The van der Waals surface area contributed by atoms with E-state index in [9.17, 15) is 4.79 Å². The van der Waals surface area contributed by atoms with Crippen LogP contribution in [0.2, 0.25) is 5.02 Å². The van der Waals surface area contributed by atoms with Gasteiger partial charge in [0.25, 0.3) is 5.91 Å². The van der Waals surface area contributed by atoms with Crippen LogP contribution in [0.5, 0.6) is 5.75 Å². The van der Waals surface area contributed by atoms with Gasteiger partial charge in [0.2, 0.25) is 0 Å². The molecular weight excluding hydrogens is 362 g/mol. The van der Waals surface area contributed by atoms with Gasteiger partial charge in [-0.15, -0.1) is 0 Å². The monoisotopic (exact) mass is 388 g/mol. The Hall–Kier alpha value is -2.24. The second kappa shape index (κ2) is 9.62. The van der Waals surface area contributed by atoms with Crippen molar-refractivity contribution in [1.29, 1.82) is 0 Å². The second-order valence-corrected chi connectivity index (χ2v) is 7.18. The van der Waals surface area contributed by atoms with Gasteiger partial charge in [0, 0.05) is 6.54 Å². The number of hydrogen-bond acceptors (Lipinski definition) is 3. The zero-order chi connectivity index (χ0) is 19.1. The molecule has 0 radical (unpaired) electrons. The number of methoxy groups -OCH3 is 1. The Morgan fingerprint density at radius 2 is 1.85 bits per heavy atom. The van der Waals surface area contributed by atoms with E-state index >= 15 is 0 Å². The van der Waals surface area contributed by atoms with Gasteiger partial charge in [-0.05, 0) is 30.2 Å². The fourth-order valence-electron chi connectivity index (χ4n) is 3.48. The van der Waals surface area contributed by atoms with Crippen LogP contribution in [0.3, 0.4) is 0 Å². The highest BCUT2D eigenvalue weighted by atomic mass is 35.5. The van der Waals surface area contributed by atoms with Crippen LogP contribution in [-0.4, -0.2) is 52.3 Å². The van der Waals surface area contributed by atoms with Gasteiger partial charge in [-0.1, -0.05) is 41.9 Å².